The number of aliphatic hydroxyl groups is 1. The molecular weight excluding hydrogens is 616 g/mol. The van der Waals surface area contributed by atoms with Gasteiger partial charge in [-0.1, -0.05) is 160 Å². The van der Waals surface area contributed by atoms with E-state index in [1.54, 1.807) is 0 Å². The van der Waals surface area contributed by atoms with Crippen molar-refractivity contribution in [3.8, 4) is 0 Å². The molecule has 2 aromatic rings. The number of aliphatic hydroxyl groups excluding tert-OH is 1. The van der Waals surface area contributed by atoms with Crippen LogP contribution < -0.4 is 0 Å². The van der Waals surface area contributed by atoms with Crippen LogP contribution in [0.15, 0.2) is 42.5 Å². The summed E-state index contributed by atoms with van der Waals surface area (Å²) in [5, 5.41) is 9.95. The van der Waals surface area contributed by atoms with E-state index in [9.17, 15) is 14.7 Å². The predicted molar refractivity (Wildman–Crippen MR) is 173 cm³/mol. The second-order valence-electron chi connectivity index (χ2n) is 10.7. The number of nitrogens with zero attached hydrogens (tertiary/aromatic N) is 1. The number of halogens is 4. The van der Waals surface area contributed by atoms with E-state index in [0.29, 0.717) is 0 Å². The molecule has 0 radical (unpaired) electrons. The summed E-state index contributed by atoms with van der Waals surface area (Å²) >= 11 is 25.0. The maximum absolute atomic E-state index is 13.5. The van der Waals surface area contributed by atoms with Crippen LogP contribution >= 0.6 is 46.4 Å². The summed E-state index contributed by atoms with van der Waals surface area (Å²) in [5.74, 6) is -1.40. The molecule has 0 saturated heterocycles. The zero-order valence-corrected chi connectivity index (χ0v) is 27.3. The van der Waals surface area contributed by atoms with Crippen LogP contribution in [0.25, 0.3) is 0 Å². The molecule has 0 spiro atoms. The average Bonchev–Trinajstić information content (AvgIpc) is 3.26. The number of hydrogen-bond acceptors (Lipinski definition) is 4. The Morgan fingerprint density at radius 3 is 1.76 bits per heavy atom. The molecule has 0 bridgehead atoms. The van der Waals surface area contributed by atoms with E-state index < -0.39 is 30.6 Å². The molecule has 2 amide bonds. The van der Waals surface area contributed by atoms with Crippen LogP contribution in [0, 0.1) is 0 Å². The van der Waals surface area contributed by atoms with Gasteiger partial charge < -0.3 is 9.84 Å². The highest BCUT2D eigenvalue weighted by Crippen LogP contribution is 2.45. The van der Waals surface area contributed by atoms with Crippen molar-refractivity contribution in [3.05, 3.63) is 79.3 Å². The molecule has 1 aliphatic heterocycles. The predicted octanol–water partition coefficient (Wildman–Crippen LogP) is 10.1. The van der Waals surface area contributed by atoms with Crippen LogP contribution in [0.1, 0.15) is 110 Å². The molecule has 230 valence electrons. The maximum Gasteiger partial charge on any atom is 0.263 e. The molecule has 0 saturated carbocycles. The van der Waals surface area contributed by atoms with Crippen LogP contribution in [0.4, 0.5) is 0 Å². The monoisotopic (exact) mass is 655 g/mol. The highest BCUT2D eigenvalue weighted by molar-refractivity contribution is 6.55. The zero-order valence-electron chi connectivity index (χ0n) is 24.2. The highest BCUT2D eigenvalue weighted by Gasteiger charge is 2.46. The van der Waals surface area contributed by atoms with Crippen LogP contribution in [-0.2, 0) is 11.3 Å². The van der Waals surface area contributed by atoms with Crippen molar-refractivity contribution in [2.45, 2.75) is 103 Å². The van der Waals surface area contributed by atoms with Gasteiger partial charge in [-0.05, 0) is 18.4 Å². The first-order valence-electron chi connectivity index (χ1n) is 15.0. The molecule has 9 heteroatoms. The van der Waals surface area contributed by atoms with Crippen molar-refractivity contribution < 1.29 is 19.4 Å². The van der Waals surface area contributed by atoms with E-state index in [-0.39, 0.29) is 37.8 Å². The number of hydrogen-bond donors (Lipinski definition) is 1. The Bertz CT molecular complexity index is 1160. The first kappa shape index (κ1) is 34.9. The lowest BCUT2D eigenvalue weighted by molar-refractivity contribution is -0.00673. The van der Waals surface area contributed by atoms with E-state index >= 15 is 0 Å². The third-order valence-electron chi connectivity index (χ3n) is 7.62. The summed E-state index contributed by atoms with van der Waals surface area (Å²) in [6.07, 6.45) is 17.8. The summed E-state index contributed by atoms with van der Waals surface area (Å²) in [5.41, 5.74) is 0.683. The quantitative estimate of drug-likeness (QED) is 0.0537. The van der Waals surface area contributed by atoms with E-state index in [2.05, 4.69) is 6.92 Å². The normalized spacial score (nSPS) is 14.7. The Labute approximate surface area is 270 Å². The second-order valence-corrected chi connectivity index (χ2v) is 12.3. The molecule has 0 fully saturated rings. The summed E-state index contributed by atoms with van der Waals surface area (Å²) in [4.78, 5) is 27.9. The summed E-state index contributed by atoms with van der Waals surface area (Å²) in [7, 11) is 0. The first-order valence-corrected chi connectivity index (χ1v) is 16.5. The lowest BCUT2D eigenvalue weighted by atomic mass is 10.0. The SMILES string of the molecule is CCCCCCCCCCCCC/C=C/[C@H](OCc1ccccc1)[C@H](CO)N1C(=O)c2c(Cl)c(Cl)c(Cl)c(Cl)c2C1=O. The maximum atomic E-state index is 13.5. The number of amides is 2. The van der Waals surface area contributed by atoms with Crippen LogP contribution in [-0.4, -0.2) is 40.6 Å². The Morgan fingerprint density at radius 2 is 1.26 bits per heavy atom. The molecule has 2 atom stereocenters. The fraction of sp³-hybridized carbons (Fsp3) is 0.515. The van der Waals surface area contributed by atoms with Gasteiger partial charge in [-0.15, -0.1) is 0 Å². The van der Waals surface area contributed by atoms with E-state index in [1.807, 2.05) is 42.5 Å². The number of imide groups is 1. The Morgan fingerprint density at radius 1 is 0.762 bits per heavy atom. The highest BCUT2D eigenvalue weighted by atomic mass is 35.5. The summed E-state index contributed by atoms with van der Waals surface area (Å²) in [6.45, 7) is 1.95. The van der Waals surface area contributed by atoms with Crippen molar-refractivity contribution in [2.24, 2.45) is 0 Å². The number of rotatable bonds is 19. The second kappa shape index (κ2) is 18.3. The molecule has 1 aliphatic rings. The van der Waals surface area contributed by atoms with Crippen LogP contribution in [0.3, 0.4) is 0 Å². The third-order valence-corrected chi connectivity index (χ3v) is 9.42. The van der Waals surface area contributed by atoms with Crippen molar-refractivity contribution in [2.75, 3.05) is 6.61 Å². The number of benzene rings is 2. The van der Waals surface area contributed by atoms with Gasteiger partial charge in [-0.25, -0.2) is 0 Å². The van der Waals surface area contributed by atoms with Crippen molar-refractivity contribution in [1.29, 1.82) is 0 Å². The van der Waals surface area contributed by atoms with Crippen LogP contribution in [0.5, 0.6) is 0 Å². The van der Waals surface area contributed by atoms with Gasteiger partial charge >= 0.3 is 0 Å². The van der Waals surface area contributed by atoms with Gasteiger partial charge in [0.2, 0.25) is 0 Å². The van der Waals surface area contributed by atoms with Crippen molar-refractivity contribution in [1.82, 2.24) is 4.90 Å². The molecule has 42 heavy (non-hydrogen) atoms. The zero-order chi connectivity index (χ0) is 30.5. The minimum absolute atomic E-state index is 0.102. The number of allylic oxidation sites excluding steroid dienone is 1. The van der Waals surface area contributed by atoms with E-state index in [1.165, 1.54) is 57.8 Å². The third kappa shape index (κ3) is 9.20. The molecule has 0 unspecified atom stereocenters. The first-order chi connectivity index (χ1) is 20.3. The Hall–Kier alpha value is -1.60. The van der Waals surface area contributed by atoms with Gasteiger partial charge in [0.05, 0.1) is 56.6 Å². The largest absolute Gasteiger partial charge is 0.394 e. The number of ether oxygens (including phenoxy) is 1. The number of carbonyl (C=O) groups is 2. The lowest BCUT2D eigenvalue weighted by Gasteiger charge is -2.30. The molecule has 2 aromatic carbocycles. The Balaban J connectivity index is 1.64. The lowest BCUT2D eigenvalue weighted by Crippen LogP contribution is -2.49. The summed E-state index contributed by atoms with van der Waals surface area (Å²) in [6, 6.07) is 8.55. The van der Waals surface area contributed by atoms with Gasteiger partial charge in [-0.2, -0.15) is 0 Å². The van der Waals surface area contributed by atoms with Crippen molar-refractivity contribution in [3.63, 3.8) is 0 Å². The van der Waals surface area contributed by atoms with Gasteiger partial charge in [0.25, 0.3) is 11.8 Å². The molecule has 0 aromatic heterocycles. The molecule has 1 heterocycles. The molecule has 0 aliphatic carbocycles. The topological polar surface area (TPSA) is 66.8 Å². The van der Waals surface area contributed by atoms with Gasteiger partial charge in [0.1, 0.15) is 0 Å². The smallest absolute Gasteiger partial charge is 0.263 e. The minimum atomic E-state index is -1.01. The van der Waals surface area contributed by atoms with E-state index in [4.69, 9.17) is 51.1 Å². The van der Waals surface area contributed by atoms with Gasteiger partial charge in [0, 0.05) is 0 Å². The van der Waals surface area contributed by atoms with Gasteiger partial charge in [-0.3, -0.25) is 14.5 Å². The standard InChI is InChI=1S/C33H41Cl4NO4/c1-2-3-4-5-6-7-8-9-10-11-12-13-17-20-25(42-22-23-18-15-14-16-19-23)24(21-39)38-32(40)26-27(33(38)41)29(35)31(37)30(36)28(26)34/h14-20,24-25,39H,2-13,21-22H2,1H3/b20-17+/t24-,25-/m0/s1. The average molecular weight is 658 g/mol. The number of unbranched alkanes of at least 4 members (excludes halogenated alkanes) is 11. The van der Waals surface area contributed by atoms with Crippen LogP contribution in [0.2, 0.25) is 20.1 Å². The van der Waals surface area contributed by atoms with Gasteiger partial charge in [0.15, 0.2) is 0 Å². The molecule has 5 nitrogen and oxygen atoms in total. The Kier molecular flexibility index (Phi) is 15.2. The fourth-order valence-electron chi connectivity index (χ4n) is 5.22. The minimum Gasteiger partial charge on any atom is -0.394 e. The molecular formula is C33H41Cl4NO4. The van der Waals surface area contributed by atoms with Crippen molar-refractivity contribution >= 4 is 58.2 Å². The fourth-order valence-corrected chi connectivity index (χ4v) is 6.23. The van der Waals surface area contributed by atoms with E-state index in [0.717, 1.165) is 29.7 Å². The number of fused-ring (bicyclic) bond motifs is 1. The molecule has 3 rings (SSSR count). The number of carbonyl (C=O) groups excluding carboxylic acids is 2. The molecule has 1 N–H and O–H groups in total. The summed E-state index contributed by atoms with van der Waals surface area (Å²) < 4.78 is 6.19.